The number of hydrogen-bond donors (Lipinski definition) is 0. The number of cyclic esters (lactones) is 1. The molecule has 0 unspecified atom stereocenters. The third kappa shape index (κ3) is 1.27. The Morgan fingerprint density at radius 2 is 2.08 bits per heavy atom. The van der Waals surface area contributed by atoms with Gasteiger partial charge in [0, 0.05) is 10.0 Å². The highest BCUT2D eigenvalue weighted by atomic mass is 79.9. The number of benzene rings is 1. The average Bonchev–Trinajstić information content (AvgIpc) is 2.22. The van der Waals surface area contributed by atoms with E-state index in [0.717, 1.165) is 10.0 Å². The molecular weight excluding hydrogens is 232 g/mol. The lowest BCUT2D eigenvalue weighted by atomic mass is 9.96. The molecule has 0 amide bonds. The van der Waals surface area contributed by atoms with E-state index in [1.165, 1.54) is 0 Å². The van der Waals surface area contributed by atoms with Crippen molar-refractivity contribution in [3.63, 3.8) is 0 Å². The van der Waals surface area contributed by atoms with Crippen LogP contribution in [0.15, 0.2) is 22.7 Å². The van der Waals surface area contributed by atoms with Crippen LogP contribution in [0.2, 0.25) is 0 Å². The summed E-state index contributed by atoms with van der Waals surface area (Å²) < 4.78 is 6.12. The summed E-state index contributed by atoms with van der Waals surface area (Å²) in [6, 6.07) is 5.64. The molecule has 1 aliphatic rings. The number of esters is 1. The summed E-state index contributed by atoms with van der Waals surface area (Å²) in [6.45, 7) is 3.79. The maximum Gasteiger partial charge on any atom is 0.339 e. The van der Waals surface area contributed by atoms with Crippen LogP contribution in [0, 0.1) is 0 Å². The van der Waals surface area contributed by atoms with Crippen LogP contribution in [0.1, 0.15) is 29.8 Å². The van der Waals surface area contributed by atoms with Crippen LogP contribution in [0.3, 0.4) is 0 Å². The Morgan fingerprint density at radius 3 is 2.77 bits per heavy atom. The molecule has 0 saturated heterocycles. The molecule has 0 aliphatic carbocycles. The molecule has 0 aromatic heterocycles. The summed E-state index contributed by atoms with van der Waals surface area (Å²) in [5, 5.41) is 0. The second kappa shape index (κ2) is 2.58. The van der Waals surface area contributed by atoms with Crippen LogP contribution >= 0.6 is 15.9 Å². The largest absolute Gasteiger partial charge is 0.451 e. The Labute approximate surface area is 85.0 Å². The van der Waals surface area contributed by atoms with Gasteiger partial charge in [-0.25, -0.2) is 4.79 Å². The Bertz CT molecular complexity index is 383. The Hall–Kier alpha value is -0.830. The van der Waals surface area contributed by atoms with Crippen molar-refractivity contribution in [3.8, 4) is 0 Å². The lowest BCUT2D eigenvalue weighted by Gasteiger charge is -2.17. The zero-order chi connectivity index (χ0) is 9.64. The molecule has 3 heteroatoms. The molecule has 0 saturated carbocycles. The van der Waals surface area contributed by atoms with Crippen molar-refractivity contribution >= 4 is 21.9 Å². The lowest BCUT2D eigenvalue weighted by Crippen LogP contribution is -2.15. The Balaban J connectivity index is 2.66. The van der Waals surface area contributed by atoms with Crippen molar-refractivity contribution < 1.29 is 9.53 Å². The average molecular weight is 241 g/mol. The van der Waals surface area contributed by atoms with E-state index in [1.807, 2.05) is 26.0 Å². The fraction of sp³-hybridized carbons (Fsp3) is 0.300. The number of carbonyl (C=O) groups excluding carboxylic acids is 1. The smallest absolute Gasteiger partial charge is 0.339 e. The summed E-state index contributed by atoms with van der Waals surface area (Å²) in [5.74, 6) is -0.235. The molecule has 1 aromatic carbocycles. The van der Waals surface area contributed by atoms with Gasteiger partial charge in [0.2, 0.25) is 0 Å². The van der Waals surface area contributed by atoms with Crippen LogP contribution in [0.25, 0.3) is 0 Å². The topological polar surface area (TPSA) is 26.3 Å². The second-order valence-corrected chi connectivity index (χ2v) is 4.51. The van der Waals surface area contributed by atoms with E-state index < -0.39 is 5.60 Å². The molecule has 0 bridgehead atoms. The number of hydrogen-bond acceptors (Lipinski definition) is 2. The molecule has 1 aliphatic heterocycles. The van der Waals surface area contributed by atoms with Gasteiger partial charge in [0.15, 0.2) is 0 Å². The van der Waals surface area contributed by atoms with Gasteiger partial charge in [-0.3, -0.25) is 0 Å². The molecule has 2 rings (SSSR count). The van der Waals surface area contributed by atoms with Gasteiger partial charge in [-0.1, -0.05) is 22.0 Å². The first-order chi connectivity index (χ1) is 6.00. The van der Waals surface area contributed by atoms with Crippen LogP contribution in [-0.2, 0) is 10.3 Å². The molecule has 0 atom stereocenters. The number of carbonyl (C=O) groups is 1. The van der Waals surface area contributed by atoms with Gasteiger partial charge in [0.1, 0.15) is 5.60 Å². The lowest BCUT2D eigenvalue weighted by molar-refractivity contribution is 0.00954. The van der Waals surface area contributed by atoms with E-state index in [4.69, 9.17) is 4.74 Å². The molecule has 0 fully saturated rings. The van der Waals surface area contributed by atoms with E-state index >= 15 is 0 Å². The highest BCUT2D eigenvalue weighted by Crippen LogP contribution is 2.36. The van der Waals surface area contributed by atoms with Crippen molar-refractivity contribution in [2.75, 3.05) is 0 Å². The molecule has 0 N–H and O–H groups in total. The zero-order valence-electron chi connectivity index (χ0n) is 7.43. The Kier molecular flexibility index (Phi) is 1.74. The number of ether oxygens (including phenoxy) is 1. The predicted octanol–water partition coefficient (Wildman–Crippen LogP) is 2.85. The van der Waals surface area contributed by atoms with Crippen LogP contribution in [-0.4, -0.2) is 5.97 Å². The number of rotatable bonds is 0. The first-order valence-electron chi connectivity index (χ1n) is 4.04. The van der Waals surface area contributed by atoms with Crippen molar-refractivity contribution in [3.05, 3.63) is 33.8 Å². The molecule has 1 heterocycles. The van der Waals surface area contributed by atoms with E-state index in [-0.39, 0.29) is 5.97 Å². The third-order valence-corrected chi connectivity index (χ3v) is 2.69. The van der Waals surface area contributed by atoms with Crippen molar-refractivity contribution in [1.29, 1.82) is 0 Å². The number of fused-ring (bicyclic) bond motifs is 1. The van der Waals surface area contributed by atoms with Gasteiger partial charge < -0.3 is 4.74 Å². The van der Waals surface area contributed by atoms with Crippen LogP contribution in [0.5, 0.6) is 0 Å². The SMILES string of the molecule is CC1(C)OC(=O)c2cc(Br)ccc21. The van der Waals surface area contributed by atoms with E-state index in [1.54, 1.807) is 6.07 Å². The minimum absolute atomic E-state index is 0.235. The normalized spacial score (nSPS) is 18.2. The summed E-state index contributed by atoms with van der Waals surface area (Å²) in [6.07, 6.45) is 0. The molecule has 1 aromatic rings. The highest BCUT2D eigenvalue weighted by molar-refractivity contribution is 9.10. The van der Waals surface area contributed by atoms with Crippen molar-refractivity contribution in [2.45, 2.75) is 19.4 Å². The van der Waals surface area contributed by atoms with E-state index in [0.29, 0.717) is 5.56 Å². The molecular formula is C10H9BrO2. The van der Waals surface area contributed by atoms with Gasteiger partial charge in [0.05, 0.1) is 5.56 Å². The van der Waals surface area contributed by atoms with Crippen LogP contribution < -0.4 is 0 Å². The van der Waals surface area contributed by atoms with E-state index in [9.17, 15) is 4.79 Å². The minimum atomic E-state index is -0.479. The predicted molar refractivity (Wildman–Crippen MR) is 52.6 cm³/mol. The number of halogens is 1. The molecule has 0 spiro atoms. The summed E-state index contributed by atoms with van der Waals surface area (Å²) in [4.78, 5) is 11.4. The van der Waals surface area contributed by atoms with Gasteiger partial charge >= 0.3 is 5.97 Å². The quantitative estimate of drug-likeness (QED) is 0.653. The summed E-state index contributed by atoms with van der Waals surface area (Å²) in [5.41, 5.74) is 1.15. The van der Waals surface area contributed by atoms with Gasteiger partial charge in [0.25, 0.3) is 0 Å². The standard InChI is InChI=1S/C10H9BrO2/c1-10(2)8-4-3-6(11)5-7(8)9(12)13-10/h3-5H,1-2H3. The first kappa shape index (κ1) is 8.75. The maximum atomic E-state index is 11.4. The first-order valence-corrected chi connectivity index (χ1v) is 4.83. The maximum absolute atomic E-state index is 11.4. The summed E-state index contributed by atoms with van der Waals surface area (Å²) in [7, 11) is 0. The van der Waals surface area contributed by atoms with Gasteiger partial charge in [-0.2, -0.15) is 0 Å². The van der Waals surface area contributed by atoms with Gasteiger partial charge in [-0.15, -0.1) is 0 Å². The van der Waals surface area contributed by atoms with Crippen LogP contribution in [0.4, 0.5) is 0 Å². The summed E-state index contributed by atoms with van der Waals surface area (Å²) >= 11 is 3.32. The van der Waals surface area contributed by atoms with Crippen molar-refractivity contribution in [2.24, 2.45) is 0 Å². The zero-order valence-corrected chi connectivity index (χ0v) is 9.01. The van der Waals surface area contributed by atoms with Crippen molar-refractivity contribution in [1.82, 2.24) is 0 Å². The monoisotopic (exact) mass is 240 g/mol. The second-order valence-electron chi connectivity index (χ2n) is 3.59. The minimum Gasteiger partial charge on any atom is -0.451 e. The molecule has 0 radical (unpaired) electrons. The molecule has 13 heavy (non-hydrogen) atoms. The van der Waals surface area contributed by atoms with E-state index in [2.05, 4.69) is 15.9 Å². The van der Waals surface area contributed by atoms with Gasteiger partial charge in [-0.05, 0) is 26.0 Å². The molecule has 68 valence electrons. The third-order valence-electron chi connectivity index (χ3n) is 2.20. The Morgan fingerprint density at radius 1 is 1.38 bits per heavy atom. The fourth-order valence-electron chi connectivity index (χ4n) is 1.55. The molecule has 2 nitrogen and oxygen atoms in total. The fourth-order valence-corrected chi connectivity index (χ4v) is 1.91. The highest BCUT2D eigenvalue weighted by Gasteiger charge is 2.37.